The van der Waals surface area contributed by atoms with Crippen molar-refractivity contribution in [3.63, 3.8) is 0 Å². The van der Waals surface area contributed by atoms with Crippen LogP contribution < -0.4 is 10.6 Å². The van der Waals surface area contributed by atoms with E-state index in [1.807, 2.05) is 0 Å². The Morgan fingerprint density at radius 1 is 1.05 bits per heavy atom. The van der Waals surface area contributed by atoms with E-state index < -0.39 is 0 Å². The fourth-order valence-electron chi connectivity index (χ4n) is 3.88. The average Bonchev–Trinajstić information content (AvgIpc) is 3.21. The highest BCUT2D eigenvalue weighted by molar-refractivity contribution is 5.85. The monoisotopic (exact) mass is 286 g/mol. The van der Waals surface area contributed by atoms with Crippen LogP contribution in [-0.4, -0.2) is 25.0 Å². The van der Waals surface area contributed by atoms with Crippen molar-refractivity contribution in [2.24, 2.45) is 17.8 Å². The van der Waals surface area contributed by atoms with E-state index in [-0.39, 0.29) is 12.4 Å². The van der Waals surface area contributed by atoms with Crippen LogP contribution >= 0.6 is 12.4 Å². The van der Waals surface area contributed by atoms with Crippen molar-refractivity contribution < 1.29 is 4.79 Å². The summed E-state index contributed by atoms with van der Waals surface area (Å²) in [5.74, 6) is 2.29. The van der Waals surface area contributed by atoms with Crippen LogP contribution in [0.15, 0.2) is 0 Å². The van der Waals surface area contributed by atoms with Crippen molar-refractivity contribution in [2.75, 3.05) is 13.1 Å². The van der Waals surface area contributed by atoms with Gasteiger partial charge in [0.25, 0.3) is 0 Å². The molecule has 19 heavy (non-hydrogen) atoms. The minimum absolute atomic E-state index is 0. The normalized spacial score (nSPS) is 35.3. The lowest BCUT2D eigenvalue weighted by molar-refractivity contribution is -0.123. The van der Waals surface area contributed by atoms with Gasteiger partial charge < -0.3 is 10.6 Å². The van der Waals surface area contributed by atoms with Crippen molar-refractivity contribution in [2.45, 2.75) is 57.4 Å². The second-order valence-electron chi connectivity index (χ2n) is 6.46. The zero-order chi connectivity index (χ0) is 12.4. The van der Waals surface area contributed by atoms with Crippen LogP contribution in [0, 0.1) is 17.8 Å². The zero-order valence-corrected chi connectivity index (χ0v) is 12.5. The molecule has 0 aromatic carbocycles. The Bertz CT molecular complexity index is 299. The Hall–Kier alpha value is -0.280. The molecule has 0 radical (unpaired) electrons. The molecule has 1 heterocycles. The van der Waals surface area contributed by atoms with Crippen LogP contribution in [0.3, 0.4) is 0 Å². The topological polar surface area (TPSA) is 41.1 Å². The van der Waals surface area contributed by atoms with Crippen molar-refractivity contribution >= 4 is 18.3 Å². The molecule has 3 unspecified atom stereocenters. The number of carbonyl (C=O) groups is 1. The first-order valence-corrected chi connectivity index (χ1v) is 7.85. The minimum Gasteiger partial charge on any atom is -0.352 e. The van der Waals surface area contributed by atoms with Gasteiger partial charge in [-0.15, -0.1) is 12.4 Å². The largest absolute Gasteiger partial charge is 0.352 e. The van der Waals surface area contributed by atoms with E-state index in [0.717, 1.165) is 37.8 Å². The predicted octanol–water partition coefficient (Wildman–Crippen LogP) is 2.49. The third-order valence-corrected chi connectivity index (χ3v) is 5.08. The molecule has 0 bridgehead atoms. The van der Waals surface area contributed by atoms with Gasteiger partial charge in [0.2, 0.25) is 5.91 Å². The van der Waals surface area contributed by atoms with E-state index in [1.165, 1.54) is 38.5 Å². The molecule has 2 N–H and O–H groups in total. The number of hydrogen-bond donors (Lipinski definition) is 2. The van der Waals surface area contributed by atoms with Gasteiger partial charge in [0, 0.05) is 18.5 Å². The van der Waals surface area contributed by atoms with Gasteiger partial charge in [-0.25, -0.2) is 0 Å². The van der Waals surface area contributed by atoms with Gasteiger partial charge in [-0.05, 0) is 37.6 Å². The molecule has 3 nitrogen and oxygen atoms in total. The highest BCUT2D eigenvalue weighted by Crippen LogP contribution is 2.49. The van der Waals surface area contributed by atoms with Gasteiger partial charge in [0.1, 0.15) is 0 Å². The van der Waals surface area contributed by atoms with Crippen molar-refractivity contribution in [1.82, 2.24) is 10.6 Å². The quantitative estimate of drug-likeness (QED) is 0.837. The number of piperidine rings is 1. The van der Waals surface area contributed by atoms with Crippen LogP contribution in [0.1, 0.15) is 51.4 Å². The van der Waals surface area contributed by atoms with Crippen LogP contribution in [0.4, 0.5) is 0 Å². The molecule has 2 aliphatic carbocycles. The third kappa shape index (κ3) is 3.85. The first-order chi connectivity index (χ1) is 8.84. The number of halogens is 1. The summed E-state index contributed by atoms with van der Waals surface area (Å²) in [4.78, 5) is 12.2. The van der Waals surface area contributed by atoms with Crippen molar-refractivity contribution in [3.8, 4) is 0 Å². The molecule has 3 atom stereocenters. The second kappa shape index (κ2) is 6.94. The van der Waals surface area contributed by atoms with Gasteiger partial charge >= 0.3 is 0 Å². The summed E-state index contributed by atoms with van der Waals surface area (Å²) in [7, 11) is 0. The summed E-state index contributed by atoms with van der Waals surface area (Å²) in [5, 5.41) is 6.61. The Morgan fingerprint density at radius 3 is 2.53 bits per heavy atom. The van der Waals surface area contributed by atoms with E-state index >= 15 is 0 Å². The van der Waals surface area contributed by atoms with Crippen LogP contribution in [0.2, 0.25) is 0 Å². The van der Waals surface area contributed by atoms with Gasteiger partial charge in [-0.3, -0.25) is 4.79 Å². The van der Waals surface area contributed by atoms with E-state index in [1.54, 1.807) is 0 Å². The lowest BCUT2D eigenvalue weighted by Gasteiger charge is -2.25. The summed E-state index contributed by atoms with van der Waals surface area (Å²) in [6.45, 7) is 2.08. The molecular formula is C15H27ClN2O. The van der Waals surface area contributed by atoms with Gasteiger partial charge in [-0.2, -0.15) is 0 Å². The summed E-state index contributed by atoms with van der Waals surface area (Å²) in [6, 6.07) is 0.388. The lowest BCUT2D eigenvalue weighted by atomic mass is 9.85. The molecule has 3 aliphatic rings. The molecular weight excluding hydrogens is 260 g/mol. The van der Waals surface area contributed by atoms with E-state index in [9.17, 15) is 4.79 Å². The van der Waals surface area contributed by atoms with E-state index in [0.29, 0.717) is 17.9 Å². The summed E-state index contributed by atoms with van der Waals surface area (Å²) in [5.41, 5.74) is 0. The molecule has 1 amide bonds. The summed E-state index contributed by atoms with van der Waals surface area (Å²) >= 11 is 0. The molecule has 3 fully saturated rings. The Labute approximate surface area is 122 Å². The molecule has 0 aromatic rings. The molecule has 0 aromatic heterocycles. The third-order valence-electron chi connectivity index (χ3n) is 5.08. The Kier molecular flexibility index (Phi) is 5.52. The number of nitrogens with one attached hydrogen (secondary N) is 2. The molecule has 4 heteroatoms. The second-order valence-corrected chi connectivity index (χ2v) is 6.46. The maximum absolute atomic E-state index is 12.2. The van der Waals surface area contributed by atoms with Crippen LogP contribution in [0.5, 0.6) is 0 Å². The SMILES string of the molecule is Cl.O=C(NC1CCCNC1)C1CC1C1CCCCC1. The first-order valence-electron chi connectivity index (χ1n) is 7.85. The molecule has 1 aliphatic heterocycles. The van der Waals surface area contributed by atoms with E-state index in [4.69, 9.17) is 0 Å². The predicted molar refractivity (Wildman–Crippen MR) is 79.5 cm³/mol. The first kappa shape index (κ1) is 15.1. The maximum Gasteiger partial charge on any atom is 0.223 e. The highest BCUT2D eigenvalue weighted by Gasteiger charge is 2.47. The molecule has 3 rings (SSSR count). The average molecular weight is 287 g/mol. The highest BCUT2D eigenvalue weighted by atomic mass is 35.5. The number of rotatable bonds is 3. The van der Waals surface area contributed by atoms with Gasteiger partial charge in [0.05, 0.1) is 0 Å². The molecule has 0 spiro atoms. The number of hydrogen-bond acceptors (Lipinski definition) is 2. The van der Waals surface area contributed by atoms with E-state index in [2.05, 4.69) is 10.6 Å². The van der Waals surface area contributed by atoms with Gasteiger partial charge in [0.15, 0.2) is 0 Å². The van der Waals surface area contributed by atoms with Crippen molar-refractivity contribution in [1.29, 1.82) is 0 Å². The molecule has 2 saturated carbocycles. The Balaban J connectivity index is 0.00000133. The Morgan fingerprint density at radius 2 is 1.84 bits per heavy atom. The summed E-state index contributed by atoms with van der Waals surface area (Å²) < 4.78 is 0. The fourth-order valence-corrected chi connectivity index (χ4v) is 3.88. The van der Waals surface area contributed by atoms with Crippen molar-refractivity contribution in [3.05, 3.63) is 0 Å². The smallest absolute Gasteiger partial charge is 0.223 e. The lowest BCUT2D eigenvalue weighted by Crippen LogP contribution is -2.46. The van der Waals surface area contributed by atoms with Crippen LogP contribution in [-0.2, 0) is 4.79 Å². The zero-order valence-electron chi connectivity index (χ0n) is 11.7. The number of amides is 1. The maximum atomic E-state index is 12.2. The standard InChI is InChI=1S/C15H26N2O.ClH/c18-15(17-12-7-4-8-16-10-12)14-9-13(14)11-5-2-1-3-6-11;/h11-14,16H,1-10H2,(H,17,18);1H. The minimum atomic E-state index is 0. The number of carbonyl (C=O) groups excluding carboxylic acids is 1. The molecule has 110 valence electrons. The van der Waals surface area contributed by atoms with Crippen LogP contribution in [0.25, 0.3) is 0 Å². The van der Waals surface area contributed by atoms with Gasteiger partial charge in [-0.1, -0.05) is 32.1 Å². The molecule has 1 saturated heterocycles. The summed E-state index contributed by atoms with van der Waals surface area (Å²) in [6.07, 6.45) is 10.5. The fraction of sp³-hybridized carbons (Fsp3) is 0.933.